The molecule has 4 rings (SSSR count). The first-order chi connectivity index (χ1) is 16.8. The molecule has 1 N–H and O–H groups in total. The zero-order valence-electron chi connectivity index (χ0n) is 19.5. The number of nitro groups is 1. The van der Waals surface area contributed by atoms with Gasteiger partial charge >= 0.3 is 0 Å². The molecule has 1 fully saturated rings. The molecule has 0 unspecified atom stereocenters. The maximum Gasteiger partial charge on any atom is 0.294 e. The number of halogens is 1. The Balaban J connectivity index is 1.42. The number of rotatable bonds is 7. The molecule has 3 aromatic rings. The van der Waals surface area contributed by atoms with Crippen LogP contribution in [0, 0.1) is 35.3 Å². The van der Waals surface area contributed by atoms with Crippen LogP contribution in [-0.4, -0.2) is 53.0 Å². The van der Waals surface area contributed by atoms with Crippen LogP contribution in [0.4, 0.5) is 17.2 Å². The van der Waals surface area contributed by atoms with Gasteiger partial charge in [-0.05, 0) is 43.7 Å². The molecule has 3 heterocycles. The second-order valence-electron chi connectivity index (χ2n) is 8.41. The molecule has 1 amide bonds. The van der Waals surface area contributed by atoms with Crippen molar-refractivity contribution in [2.24, 2.45) is 0 Å². The van der Waals surface area contributed by atoms with Gasteiger partial charge in [0.15, 0.2) is 0 Å². The minimum absolute atomic E-state index is 0.0317. The van der Waals surface area contributed by atoms with E-state index in [2.05, 4.69) is 11.4 Å². The van der Waals surface area contributed by atoms with Crippen LogP contribution in [0.2, 0.25) is 5.02 Å². The second kappa shape index (κ2) is 10.2. The summed E-state index contributed by atoms with van der Waals surface area (Å²) in [7, 11) is 0. The van der Waals surface area contributed by atoms with Gasteiger partial charge in [-0.2, -0.15) is 5.26 Å². The van der Waals surface area contributed by atoms with Gasteiger partial charge < -0.3 is 19.2 Å². The molecule has 1 aromatic carbocycles. The van der Waals surface area contributed by atoms with E-state index in [1.807, 2.05) is 34.3 Å². The minimum Gasteiger partial charge on any atom is -0.467 e. The van der Waals surface area contributed by atoms with Gasteiger partial charge in [0, 0.05) is 43.0 Å². The van der Waals surface area contributed by atoms with Crippen LogP contribution in [0.1, 0.15) is 22.6 Å². The van der Waals surface area contributed by atoms with E-state index in [9.17, 15) is 20.2 Å². The van der Waals surface area contributed by atoms with E-state index < -0.39 is 4.92 Å². The van der Waals surface area contributed by atoms with E-state index in [1.54, 1.807) is 24.5 Å². The van der Waals surface area contributed by atoms with E-state index in [1.165, 1.54) is 6.07 Å². The summed E-state index contributed by atoms with van der Waals surface area (Å²) in [5.74, 6) is 0.945. The van der Waals surface area contributed by atoms with Crippen LogP contribution < -0.4 is 10.2 Å². The molecule has 0 radical (unpaired) electrons. The number of furan rings is 1. The number of benzene rings is 1. The molecule has 10 nitrogen and oxygen atoms in total. The van der Waals surface area contributed by atoms with Crippen LogP contribution in [0.5, 0.6) is 0 Å². The predicted octanol–water partition coefficient (Wildman–Crippen LogP) is 3.94. The standard InChI is InChI=1S/C24H25ClN6O4/c1-16-17(2)30(14-19-4-3-11-35-19)24(20(16)13-26)27-23(32)15-28-7-9-29(10-8-28)21-6-5-18(25)12-22(21)31(33)34/h3-6,11-12H,7-10,14-15H2,1-2H3,(H,27,32). The molecule has 1 saturated heterocycles. The summed E-state index contributed by atoms with van der Waals surface area (Å²) in [4.78, 5) is 27.9. The van der Waals surface area contributed by atoms with Crippen LogP contribution in [0.15, 0.2) is 41.0 Å². The lowest BCUT2D eigenvalue weighted by Crippen LogP contribution is -2.48. The lowest BCUT2D eigenvalue weighted by molar-refractivity contribution is -0.384. The summed E-state index contributed by atoms with van der Waals surface area (Å²) in [6.45, 7) is 6.49. The van der Waals surface area contributed by atoms with Crippen molar-refractivity contribution in [1.82, 2.24) is 9.47 Å². The third-order valence-electron chi connectivity index (χ3n) is 6.31. The highest BCUT2D eigenvalue weighted by molar-refractivity contribution is 6.30. The molecule has 0 saturated carbocycles. The van der Waals surface area contributed by atoms with Crippen molar-refractivity contribution in [1.29, 1.82) is 5.26 Å². The number of hydrogen-bond donors (Lipinski definition) is 1. The molecule has 35 heavy (non-hydrogen) atoms. The monoisotopic (exact) mass is 496 g/mol. The van der Waals surface area contributed by atoms with Gasteiger partial charge in [-0.25, -0.2) is 0 Å². The number of nitriles is 1. The maximum absolute atomic E-state index is 12.9. The molecular weight excluding hydrogens is 472 g/mol. The summed E-state index contributed by atoms with van der Waals surface area (Å²) in [6, 6.07) is 10.5. The van der Waals surface area contributed by atoms with Crippen LogP contribution >= 0.6 is 11.6 Å². The Bertz CT molecular complexity index is 1290. The summed E-state index contributed by atoms with van der Waals surface area (Å²) in [5.41, 5.74) is 2.61. The van der Waals surface area contributed by atoms with Gasteiger partial charge in [0.2, 0.25) is 5.91 Å². The molecule has 182 valence electrons. The summed E-state index contributed by atoms with van der Waals surface area (Å²) in [6.07, 6.45) is 1.59. The van der Waals surface area contributed by atoms with Crippen LogP contribution in [0.25, 0.3) is 0 Å². The molecule has 1 aliphatic rings. The fourth-order valence-electron chi connectivity index (χ4n) is 4.32. The summed E-state index contributed by atoms with van der Waals surface area (Å²) < 4.78 is 7.33. The first-order valence-electron chi connectivity index (χ1n) is 11.1. The molecule has 0 spiro atoms. The Morgan fingerprint density at radius 3 is 2.63 bits per heavy atom. The normalized spacial score (nSPS) is 14.1. The molecule has 2 aromatic heterocycles. The minimum atomic E-state index is -0.435. The van der Waals surface area contributed by atoms with Gasteiger partial charge in [0.25, 0.3) is 5.69 Å². The Morgan fingerprint density at radius 1 is 1.26 bits per heavy atom. The number of carbonyl (C=O) groups excluding carboxylic acids is 1. The van der Waals surface area contributed by atoms with Crippen molar-refractivity contribution in [3.8, 4) is 6.07 Å². The molecule has 11 heteroatoms. The zero-order valence-corrected chi connectivity index (χ0v) is 20.2. The number of piperazine rings is 1. The van der Waals surface area contributed by atoms with Crippen LogP contribution in [0.3, 0.4) is 0 Å². The molecule has 0 bridgehead atoms. The van der Waals surface area contributed by atoms with Gasteiger partial charge in [-0.1, -0.05) is 11.6 Å². The van der Waals surface area contributed by atoms with Crippen molar-refractivity contribution in [3.63, 3.8) is 0 Å². The predicted molar refractivity (Wildman–Crippen MR) is 132 cm³/mol. The number of aromatic nitrogens is 1. The van der Waals surface area contributed by atoms with Crippen molar-refractivity contribution in [2.45, 2.75) is 20.4 Å². The Morgan fingerprint density at radius 2 is 2.00 bits per heavy atom. The number of amides is 1. The maximum atomic E-state index is 12.9. The smallest absolute Gasteiger partial charge is 0.294 e. The quantitative estimate of drug-likeness (QED) is 0.388. The summed E-state index contributed by atoms with van der Waals surface area (Å²) in [5, 5.41) is 24.4. The first-order valence-corrected chi connectivity index (χ1v) is 11.5. The molecule has 1 aliphatic heterocycles. The average Bonchev–Trinajstić information content (AvgIpc) is 3.42. The number of carbonyl (C=O) groups is 1. The number of nitrogens with zero attached hydrogens (tertiary/aromatic N) is 5. The van der Waals surface area contributed by atoms with Crippen molar-refractivity contribution < 1.29 is 14.1 Å². The lowest BCUT2D eigenvalue weighted by Gasteiger charge is -2.35. The lowest BCUT2D eigenvalue weighted by atomic mass is 10.2. The Kier molecular flexibility index (Phi) is 7.10. The number of anilines is 2. The van der Waals surface area contributed by atoms with E-state index in [-0.39, 0.29) is 18.1 Å². The third kappa shape index (κ3) is 5.16. The molecular formula is C24H25ClN6O4. The van der Waals surface area contributed by atoms with E-state index >= 15 is 0 Å². The summed E-state index contributed by atoms with van der Waals surface area (Å²) >= 11 is 5.93. The van der Waals surface area contributed by atoms with Gasteiger partial charge in [-0.15, -0.1) is 0 Å². The fraction of sp³-hybridized carbons (Fsp3) is 0.333. The first kappa shape index (κ1) is 24.3. The highest BCUT2D eigenvalue weighted by Crippen LogP contribution is 2.32. The Labute approximate surface area is 207 Å². The zero-order chi connectivity index (χ0) is 25.1. The van der Waals surface area contributed by atoms with E-state index in [0.717, 1.165) is 17.0 Å². The van der Waals surface area contributed by atoms with Crippen LogP contribution in [-0.2, 0) is 11.3 Å². The third-order valence-corrected chi connectivity index (χ3v) is 6.54. The van der Waals surface area contributed by atoms with E-state index in [0.29, 0.717) is 54.8 Å². The molecule has 0 atom stereocenters. The van der Waals surface area contributed by atoms with Crippen molar-refractivity contribution in [3.05, 3.63) is 74.3 Å². The highest BCUT2D eigenvalue weighted by Gasteiger charge is 2.26. The average molecular weight is 497 g/mol. The second-order valence-corrected chi connectivity index (χ2v) is 8.85. The Hall–Kier alpha value is -3.81. The van der Waals surface area contributed by atoms with Gasteiger partial charge in [0.1, 0.15) is 23.3 Å². The van der Waals surface area contributed by atoms with Crippen molar-refractivity contribution >= 4 is 34.7 Å². The number of nitro benzene ring substituents is 1. The number of hydrogen-bond acceptors (Lipinski definition) is 7. The van der Waals surface area contributed by atoms with Gasteiger partial charge in [0.05, 0.1) is 29.8 Å². The SMILES string of the molecule is Cc1c(C#N)c(NC(=O)CN2CCN(c3ccc(Cl)cc3[N+](=O)[O-])CC2)n(Cc2ccco2)c1C. The largest absolute Gasteiger partial charge is 0.467 e. The van der Waals surface area contributed by atoms with Crippen molar-refractivity contribution in [2.75, 3.05) is 42.9 Å². The molecule has 0 aliphatic carbocycles. The van der Waals surface area contributed by atoms with Gasteiger partial charge in [-0.3, -0.25) is 19.8 Å². The topological polar surface area (TPSA) is 121 Å². The fourth-order valence-corrected chi connectivity index (χ4v) is 4.48. The highest BCUT2D eigenvalue weighted by atomic mass is 35.5. The number of nitrogens with one attached hydrogen (secondary N) is 1. The van der Waals surface area contributed by atoms with E-state index in [4.69, 9.17) is 16.0 Å².